The molecule has 22 heavy (non-hydrogen) atoms. The molecule has 128 valence electrons. The molecule has 1 aromatic heterocycles. The van der Waals surface area contributed by atoms with E-state index in [0.29, 0.717) is 0 Å². The number of hydrogen-bond donors (Lipinski definition) is 0. The van der Waals surface area contributed by atoms with Gasteiger partial charge in [-0.05, 0) is 0 Å². The topological polar surface area (TPSA) is 17.8 Å². The molecule has 0 aliphatic rings. The Hall–Kier alpha value is 0.00870. The van der Waals surface area contributed by atoms with Gasteiger partial charge in [0.05, 0.1) is 0 Å². The predicted molar refractivity (Wildman–Crippen MR) is 102 cm³/mol. The predicted octanol–water partition coefficient (Wildman–Crippen LogP) is 5.74. The Balaban J connectivity index is 2.94. The summed E-state index contributed by atoms with van der Waals surface area (Å²) in [6, 6.07) is 0. The Kier molecular flexibility index (Phi) is 10.5. The first kappa shape index (κ1) is 20.1. The van der Waals surface area contributed by atoms with Gasteiger partial charge >= 0.3 is 143 Å². The van der Waals surface area contributed by atoms with Gasteiger partial charge in [0.1, 0.15) is 0 Å². The standard InChI is InChI=1S/C7H11N2.3C4H9.Sn/c1-2-3-6-9-7-4-5-8-9;3*1-3-4-2;/h5,7H,2-3,6H2,1H3;3*1,3-4H2,2H3;. The van der Waals surface area contributed by atoms with E-state index in [9.17, 15) is 0 Å². The van der Waals surface area contributed by atoms with E-state index in [-0.39, 0.29) is 0 Å². The van der Waals surface area contributed by atoms with Crippen LogP contribution >= 0.6 is 0 Å². The summed E-state index contributed by atoms with van der Waals surface area (Å²) in [5.74, 6) is 0. The van der Waals surface area contributed by atoms with Gasteiger partial charge in [-0.2, -0.15) is 0 Å². The van der Waals surface area contributed by atoms with Gasteiger partial charge in [0.2, 0.25) is 0 Å². The molecule has 0 atom stereocenters. The van der Waals surface area contributed by atoms with Gasteiger partial charge in [0.15, 0.2) is 0 Å². The molecule has 1 rings (SSSR count). The van der Waals surface area contributed by atoms with Crippen molar-refractivity contribution in [1.29, 1.82) is 0 Å². The van der Waals surface area contributed by atoms with Crippen molar-refractivity contribution < 1.29 is 0 Å². The van der Waals surface area contributed by atoms with Crippen LogP contribution in [-0.2, 0) is 6.54 Å². The molecule has 0 aliphatic carbocycles. The first-order valence-corrected chi connectivity index (χ1v) is 17.2. The Morgan fingerprint density at radius 1 is 0.818 bits per heavy atom. The normalized spacial score (nSPS) is 12.0. The second kappa shape index (κ2) is 11.5. The monoisotopic (exact) mass is 414 g/mol. The van der Waals surface area contributed by atoms with Crippen molar-refractivity contribution in [3.63, 3.8) is 0 Å². The molecule has 0 saturated heterocycles. The molecule has 1 aromatic rings. The summed E-state index contributed by atoms with van der Waals surface area (Å²) in [4.78, 5) is 0. The summed E-state index contributed by atoms with van der Waals surface area (Å²) in [5.41, 5.74) is 0. The van der Waals surface area contributed by atoms with Crippen LogP contribution < -0.4 is 3.58 Å². The number of aryl methyl sites for hydroxylation is 1. The minimum absolute atomic E-state index is 1.10. The average molecular weight is 413 g/mol. The van der Waals surface area contributed by atoms with Crippen LogP contribution in [0.3, 0.4) is 0 Å². The second-order valence-electron chi connectivity index (χ2n) is 6.94. The van der Waals surface area contributed by atoms with Crippen molar-refractivity contribution in [3.8, 4) is 0 Å². The van der Waals surface area contributed by atoms with Crippen molar-refractivity contribution in [1.82, 2.24) is 9.78 Å². The molecule has 0 saturated carbocycles. The van der Waals surface area contributed by atoms with Crippen molar-refractivity contribution in [2.75, 3.05) is 0 Å². The fourth-order valence-corrected chi connectivity index (χ4v) is 19.0. The molecular weight excluding hydrogens is 375 g/mol. The number of unbranched alkanes of at least 4 members (excludes halogenated alkanes) is 4. The number of aromatic nitrogens is 2. The van der Waals surface area contributed by atoms with E-state index < -0.39 is 18.4 Å². The Labute approximate surface area is 142 Å². The molecular formula is C19H38N2Sn. The summed E-state index contributed by atoms with van der Waals surface area (Å²) < 4.78 is 8.59. The van der Waals surface area contributed by atoms with E-state index in [1.807, 2.05) is 0 Å². The molecule has 0 fully saturated rings. The van der Waals surface area contributed by atoms with E-state index in [4.69, 9.17) is 5.10 Å². The van der Waals surface area contributed by atoms with Crippen LogP contribution in [0.15, 0.2) is 12.4 Å². The van der Waals surface area contributed by atoms with Crippen molar-refractivity contribution >= 4 is 22.0 Å². The molecule has 0 bridgehead atoms. The summed E-state index contributed by atoms with van der Waals surface area (Å²) >= 11 is -2.22. The third kappa shape index (κ3) is 6.25. The van der Waals surface area contributed by atoms with E-state index in [2.05, 4.69) is 44.8 Å². The zero-order valence-corrected chi connectivity index (χ0v) is 18.4. The van der Waals surface area contributed by atoms with Gasteiger partial charge in [-0.15, -0.1) is 0 Å². The fraction of sp³-hybridized carbons (Fsp3) is 0.842. The van der Waals surface area contributed by atoms with Crippen LogP contribution in [-0.4, -0.2) is 28.2 Å². The summed E-state index contributed by atoms with van der Waals surface area (Å²) in [5, 5.41) is 4.71. The third-order valence-corrected chi connectivity index (χ3v) is 20.5. The van der Waals surface area contributed by atoms with Crippen LogP contribution in [0.1, 0.15) is 79.1 Å². The van der Waals surface area contributed by atoms with Gasteiger partial charge < -0.3 is 0 Å². The van der Waals surface area contributed by atoms with Gasteiger partial charge in [-0.1, -0.05) is 0 Å². The quantitative estimate of drug-likeness (QED) is 0.377. The summed E-state index contributed by atoms with van der Waals surface area (Å²) in [6.45, 7) is 10.4. The SMILES string of the molecule is CCCCn1c[c]([Sn]([CH2]CCC)([CH2]CCC)[CH2]CCC)cn1. The Bertz CT molecular complexity index is 365. The second-order valence-corrected chi connectivity index (χ2v) is 20.2. The van der Waals surface area contributed by atoms with E-state index in [0.717, 1.165) is 6.54 Å². The maximum absolute atomic E-state index is 4.71. The van der Waals surface area contributed by atoms with Crippen molar-refractivity contribution in [3.05, 3.63) is 12.4 Å². The van der Waals surface area contributed by atoms with Crippen molar-refractivity contribution in [2.45, 2.75) is 98.9 Å². The van der Waals surface area contributed by atoms with E-state index in [1.165, 1.54) is 51.4 Å². The van der Waals surface area contributed by atoms with Gasteiger partial charge in [-0.25, -0.2) is 0 Å². The van der Waals surface area contributed by atoms with Gasteiger partial charge in [0, 0.05) is 0 Å². The van der Waals surface area contributed by atoms with Gasteiger partial charge in [-0.3, -0.25) is 0 Å². The molecule has 0 radical (unpaired) electrons. The molecule has 0 N–H and O–H groups in total. The van der Waals surface area contributed by atoms with Gasteiger partial charge in [0.25, 0.3) is 0 Å². The van der Waals surface area contributed by atoms with Crippen LogP contribution in [0.25, 0.3) is 0 Å². The number of rotatable bonds is 13. The Morgan fingerprint density at radius 3 is 1.77 bits per heavy atom. The average Bonchev–Trinajstić information content (AvgIpc) is 3.02. The van der Waals surface area contributed by atoms with Crippen LogP contribution in [0.4, 0.5) is 0 Å². The minimum atomic E-state index is -2.22. The molecule has 2 nitrogen and oxygen atoms in total. The zero-order chi connectivity index (χ0) is 16.3. The zero-order valence-electron chi connectivity index (χ0n) is 15.5. The third-order valence-electron chi connectivity index (χ3n) is 5.01. The summed E-state index contributed by atoms with van der Waals surface area (Å²) in [6.07, 6.45) is 15.6. The molecule has 0 aliphatic heterocycles. The van der Waals surface area contributed by atoms with E-state index in [1.54, 1.807) is 16.9 Å². The van der Waals surface area contributed by atoms with Crippen LogP contribution in [0, 0.1) is 0 Å². The molecule has 3 heteroatoms. The van der Waals surface area contributed by atoms with E-state index >= 15 is 0 Å². The number of nitrogens with zero attached hydrogens (tertiary/aromatic N) is 2. The van der Waals surface area contributed by atoms with Crippen molar-refractivity contribution in [2.24, 2.45) is 0 Å². The molecule has 0 unspecified atom stereocenters. The summed E-state index contributed by atoms with van der Waals surface area (Å²) in [7, 11) is 0. The first-order chi connectivity index (χ1) is 10.7. The molecule has 0 spiro atoms. The first-order valence-electron chi connectivity index (χ1n) is 9.75. The fourth-order valence-electron chi connectivity index (χ4n) is 3.43. The number of hydrogen-bond acceptors (Lipinski definition) is 1. The maximum atomic E-state index is 4.71. The Morgan fingerprint density at radius 2 is 1.32 bits per heavy atom. The van der Waals surface area contributed by atoms with Crippen LogP contribution in [0.2, 0.25) is 13.3 Å². The molecule has 1 heterocycles. The van der Waals surface area contributed by atoms with Crippen LogP contribution in [0.5, 0.6) is 0 Å². The molecule has 0 amide bonds. The molecule has 0 aromatic carbocycles.